The van der Waals surface area contributed by atoms with Crippen LogP contribution in [0.5, 0.6) is 0 Å². The molecule has 0 spiro atoms. The van der Waals surface area contributed by atoms with E-state index in [0.29, 0.717) is 5.89 Å². The average Bonchev–Trinajstić information content (AvgIpc) is 2.71. The Kier molecular flexibility index (Phi) is 2.06. The molecular weight excluding hydrogens is 166 g/mol. The highest BCUT2D eigenvalue weighted by Gasteiger charge is 2.13. The molecular formula is C9H8N3O. The second kappa shape index (κ2) is 3.37. The van der Waals surface area contributed by atoms with Gasteiger partial charge in [0.25, 0.3) is 0 Å². The fourth-order valence-electron chi connectivity index (χ4n) is 1.09. The van der Waals surface area contributed by atoms with E-state index in [9.17, 15) is 0 Å². The van der Waals surface area contributed by atoms with Crippen molar-refractivity contribution < 1.29 is 4.52 Å². The van der Waals surface area contributed by atoms with E-state index in [2.05, 4.69) is 16.5 Å². The Hall–Kier alpha value is -1.68. The van der Waals surface area contributed by atoms with Crippen LogP contribution in [0.25, 0.3) is 0 Å². The molecule has 0 saturated carbocycles. The molecule has 1 aromatic carbocycles. The minimum absolute atomic E-state index is 0.361. The van der Waals surface area contributed by atoms with Crippen molar-refractivity contribution >= 4 is 0 Å². The van der Waals surface area contributed by atoms with Gasteiger partial charge in [-0.1, -0.05) is 35.5 Å². The Morgan fingerprint density at radius 3 is 2.69 bits per heavy atom. The maximum Gasteiger partial charge on any atom is 0.248 e. The summed E-state index contributed by atoms with van der Waals surface area (Å²) in [5, 5.41) is 3.38. The third-order valence-electron chi connectivity index (χ3n) is 1.76. The molecule has 1 atom stereocenters. The van der Waals surface area contributed by atoms with Crippen LogP contribution < -0.4 is 5.73 Å². The predicted molar refractivity (Wildman–Crippen MR) is 45.6 cm³/mol. The number of aromatic nitrogens is 2. The highest BCUT2D eigenvalue weighted by molar-refractivity contribution is 5.22. The first kappa shape index (κ1) is 7.94. The molecule has 0 aliphatic rings. The number of rotatable bonds is 2. The summed E-state index contributed by atoms with van der Waals surface area (Å²) in [6.07, 6.45) is 2.33. The molecule has 1 heterocycles. The summed E-state index contributed by atoms with van der Waals surface area (Å²) >= 11 is 0. The van der Waals surface area contributed by atoms with Crippen LogP contribution in [0.3, 0.4) is 0 Å². The lowest BCUT2D eigenvalue weighted by molar-refractivity contribution is 0.365. The van der Waals surface area contributed by atoms with Crippen molar-refractivity contribution in [1.29, 1.82) is 0 Å². The van der Waals surface area contributed by atoms with E-state index < -0.39 is 0 Å². The highest BCUT2D eigenvalue weighted by atomic mass is 16.5. The zero-order valence-corrected chi connectivity index (χ0v) is 6.84. The summed E-state index contributed by atoms with van der Waals surface area (Å²) in [5.74, 6) is 0.381. The van der Waals surface area contributed by atoms with Gasteiger partial charge in [-0.25, -0.2) is 0 Å². The van der Waals surface area contributed by atoms with Gasteiger partial charge in [-0.2, -0.15) is 4.98 Å². The fourth-order valence-corrected chi connectivity index (χ4v) is 1.09. The molecule has 2 aromatic rings. The molecule has 2 N–H and O–H groups in total. The van der Waals surface area contributed by atoms with Crippen molar-refractivity contribution in [3.63, 3.8) is 0 Å². The van der Waals surface area contributed by atoms with Crippen LogP contribution in [-0.4, -0.2) is 10.1 Å². The average molecular weight is 174 g/mol. The van der Waals surface area contributed by atoms with E-state index in [1.165, 1.54) is 0 Å². The first-order valence-corrected chi connectivity index (χ1v) is 3.88. The molecule has 0 fully saturated rings. The van der Waals surface area contributed by atoms with Gasteiger partial charge in [-0.3, -0.25) is 0 Å². The smallest absolute Gasteiger partial charge is 0.248 e. The van der Waals surface area contributed by atoms with Crippen molar-refractivity contribution in [3.05, 3.63) is 48.1 Å². The zero-order valence-electron chi connectivity index (χ0n) is 6.84. The van der Waals surface area contributed by atoms with Crippen LogP contribution in [0.2, 0.25) is 0 Å². The van der Waals surface area contributed by atoms with Gasteiger partial charge in [0.15, 0.2) is 0 Å². The Morgan fingerprint density at radius 1 is 1.31 bits per heavy atom. The van der Waals surface area contributed by atoms with Crippen molar-refractivity contribution in [2.75, 3.05) is 0 Å². The topological polar surface area (TPSA) is 64.9 Å². The van der Waals surface area contributed by atoms with Crippen LogP contribution in [0.1, 0.15) is 17.5 Å². The van der Waals surface area contributed by atoms with Gasteiger partial charge in [-0.15, -0.1) is 0 Å². The van der Waals surface area contributed by atoms with E-state index in [-0.39, 0.29) is 6.04 Å². The SMILES string of the molecule is N[C@H](c1ccccc1)c1n[c]no1. The lowest BCUT2D eigenvalue weighted by Gasteiger charge is -2.05. The van der Waals surface area contributed by atoms with Gasteiger partial charge in [0.05, 0.1) is 0 Å². The summed E-state index contributed by atoms with van der Waals surface area (Å²) in [7, 11) is 0. The summed E-state index contributed by atoms with van der Waals surface area (Å²) in [6.45, 7) is 0. The Balaban J connectivity index is 2.29. The minimum atomic E-state index is -0.361. The first-order chi connectivity index (χ1) is 6.38. The van der Waals surface area contributed by atoms with Gasteiger partial charge < -0.3 is 10.3 Å². The molecule has 0 bridgehead atoms. The van der Waals surface area contributed by atoms with Crippen LogP contribution >= 0.6 is 0 Å². The molecule has 2 rings (SSSR count). The maximum absolute atomic E-state index is 5.84. The van der Waals surface area contributed by atoms with E-state index in [1.807, 2.05) is 30.3 Å². The molecule has 0 saturated heterocycles. The van der Waals surface area contributed by atoms with E-state index in [0.717, 1.165) is 5.56 Å². The lowest BCUT2D eigenvalue weighted by atomic mass is 10.1. The summed E-state index contributed by atoms with van der Waals surface area (Å²) in [4.78, 5) is 3.76. The number of nitrogens with zero attached hydrogens (tertiary/aromatic N) is 2. The van der Waals surface area contributed by atoms with Gasteiger partial charge in [0, 0.05) is 0 Å². The molecule has 0 aliphatic heterocycles. The van der Waals surface area contributed by atoms with E-state index in [1.54, 1.807) is 0 Å². The van der Waals surface area contributed by atoms with Crippen LogP contribution in [0, 0.1) is 6.33 Å². The Morgan fingerprint density at radius 2 is 2.08 bits per heavy atom. The zero-order chi connectivity index (χ0) is 9.10. The maximum atomic E-state index is 5.84. The molecule has 0 unspecified atom stereocenters. The molecule has 65 valence electrons. The second-order valence-electron chi connectivity index (χ2n) is 2.62. The summed E-state index contributed by atoms with van der Waals surface area (Å²) < 4.78 is 4.81. The number of hydrogen-bond donors (Lipinski definition) is 1. The molecule has 1 radical (unpaired) electrons. The van der Waals surface area contributed by atoms with Crippen LogP contribution in [0.4, 0.5) is 0 Å². The van der Waals surface area contributed by atoms with Crippen molar-refractivity contribution in [3.8, 4) is 0 Å². The van der Waals surface area contributed by atoms with E-state index in [4.69, 9.17) is 10.3 Å². The molecule has 0 aliphatic carbocycles. The predicted octanol–water partition coefficient (Wildman–Crippen LogP) is 0.918. The Bertz CT molecular complexity index is 358. The largest absolute Gasteiger partial charge is 0.337 e. The normalized spacial score (nSPS) is 12.7. The number of benzene rings is 1. The van der Waals surface area contributed by atoms with Gasteiger partial charge in [0.2, 0.25) is 12.2 Å². The standard InChI is InChI=1S/C9H8N3O/c10-8(9-11-6-12-13-9)7-4-2-1-3-5-7/h1-5,8H,10H2/t8-/m1/s1. The van der Waals surface area contributed by atoms with Gasteiger partial charge in [-0.05, 0) is 5.56 Å². The molecule has 4 nitrogen and oxygen atoms in total. The van der Waals surface area contributed by atoms with Crippen molar-refractivity contribution in [2.45, 2.75) is 6.04 Å². The first-order valence-electron chi connectivity index (χ1n) is 3.88. The highest BCUT2D eigenvalue weighted by Crippen LogP contribution is 2.15. The molecule has 4 heteroatoms. The molecule has 13 heavy (non-hydrogen) atoms. The fraction of sp³-hybridized carbons (Fsp3) is 0.111. The Labute approximate surface area is 75.4 Å². The lowest BCUT2D eigenvalue weighted by Crippen LogP contribution is -2.11. The van der Waals surface area contributed by atoms with Crippen LogP contribution in [-0.2, 0) is 0 Å². The monoisotopic (exact) mass is 174 g/mol. The summed E-state index contributed by atoms with van der Waals surface area (Å²) in [6, 6.07) is 9.21. The van der Waals surface area contributed by atoms with Gasteiger partial charge in [0.1, 0.15) is 6.04 Å². The third kappa shape index (κ3) is 1.57. The third-order valence-corrected chi connectivity index (χ3v) is 1.76. The molecule has 0 amide bonds. The molecule has 1 aromatic heterocycles. The second-order valence-corrected chi connectivity index (χ2v) is 2.62. The summed E-state index contributed by atoms with van der Waals surface area (Å²) in [5.41, 5.74) is 6.79. The quantitative estimate of drug-likeness (QED) is 0.735. The van der Waals surface area contributed by atoms with Crippen LogP contribution in [0.15, 0.2) is 34.9 Å². The minimum Gasteiger partial charge on any atom is -0.337 e. The van der Waals surface area contributed by atoms with Crippen molar-refractivity contribution in [1.82, 2.24) is 10.1 Å². The number of nitrogens with two attached hydrogens (primary N) is 1. The van der Waals surface area contributed by atoms with Crippen molar-refractivity contribution in [2.24, 2.45) is 5.73 Å². The number of hydrogen-bond acceptors (Lipinski definition) is 4. The van der Waals surface area contributed by atoms with Gasteiger partial charge >= 0.3 is 0 Å². The van der Waals surface area contributed by atoms with E-state index >= 15 is 0 Å².